The van der Waals surface area contributed by atoms with Gasteiger partial charge in [0, 0.05) is 49.2 Å². The predicted molar refractivity (Wildman–Crippen MR) is 120 cm³/mol. The van der Waals surface area contributed by atoms with Crippen LogP contribution in [0.4, 0.5) is 20.2 Å². The Bertz CT molecular complexity index is 892. The van der Waals surface area contributed by atoms with E-state index in [1.165, 1.54) is 12.1 Å². The van der Waals surface area contributed by atoms with Crippen molar-refractivity contribution in [3.8, 4) is 5.75 Å². The summed E-state index contributed by atoms with van der Waals surface area (Å²) in [6, 6.07) is 11.4. The number of phenolic OH excluding ortho intramolecular Hbond substituents is 1. The zero-order valence-electron chi connectivity index (χ0n) is 17.5. The molecule has 10 heteroatoms. The highest BCUT2D eigenvalue weighted by Gasteiger charge is 2.20. The van der Waals surface area contributed by atoms with Gasteiger partial charge in [0.2, 0.25) is 12.3 Å². The van der Waals surface area contributed by atoms with Crippen molar-refractivity contribution in [2.24, 2.45) is 0 Å². The van der Waals surface area contributed by atoms with Crippen molar-refractivity contribution in [3.63, 3.8) is 0 Å². The van der Waals surface area contributed by atoms with Crippen LogP contribution in [-0.4, -0.2) is 54.2 Å². The number of carbonyl (C=O) groups excluding carboxylic acids is 1. The van der Waals surface area contributed by atoms with Crippen molar-refractivity contribution in [3.05, 3.63) is 53.1 Å². The van der Waals surface area contributed by atoms with E-state index in [9.17, 15) is 23.5 Å². The molecule has 1 saturated heterocycles. The van der Waals surface area contributed by atoms with E-state index in [2.05, 4.69) is 15.5 Å². The SMILES string of the molecule is C[C@H]1CN(c2ccc(NC(=O)CCC(F)F)c(C(=O)O)c2)CCN1.Oc1ccc(Cl)cc1. The van der Waals surface area contributed by atoms with Crippen LogP contribution in [0.15, 0.2) is 42.5 Å². The minimum atomic E-state index is -2.56. The second kappa shape index (κ2) is 12.2. The Kier molecular flexibility index (Phi) is 9.67. The van der Waals surface area contributed by atoms with E-state index in [4.69, 9.17) is 16.7 Å². The van der Waals surface area contributed by atoms with Crippen LogP contribution in [0.25, 0.3) is 0 Å². The molecule has 1 fully saturated rings. The number of amides is 1. The van der Waals surface area contributed by atoms with E-state index in [0.717, 1.165) is 25.3 Å². The molecule has 7 nitrogen and oxygen atoms in total. The fourth-order valence-corrected chi connectivity index (χ4v) is 3.20. The lowest BCUT2D eigenvalue weighted by molar-refractivity contribution is -0.116. The Labute approximate surface area is 190 Å². The number of nitrogens with one attached hydrogen (secondary N) is 2. The van der Waals surface area contributed by atoms with Crippen LogP contribution >= 0.6 is 11.6 Å². The van der Waals surface area contributed by atoms with E-state index in [1.54, 1.807) is 30.3 Å². The van der Waals surface area contributed by atoms with Crippen molar-refractivity contribution >= 4 is 34.9 Å². The Morgan fingerprint density at radius 3 is 2.50 bits per heavy atom. The number of benzene rings is 2. The number of hydrogen-bond acceptors (Lipinski definition) is 5. The molecule has 32 heavy (non-hydrogen) atoms. The van der Waals surface area contributed by atoms with E-state index >= 15 is 0 Å². The quantitative estimate of drug-likeness (QED) is 0.505. The van der Waals surface area contributed by atoms with Gasteiger partial charge < -0.3 is 25.7 Å². The van der Waals surface area contributed by atoms with Gasteiger partial charge in [0.15, 0.2) is 0 Å². The van der Waals surface area contributed by atoms with Gasteiger partial charge in [0.1, 0.15) is 5.75 Å². The van der Waals surface area contributed by atoms with Crippen molar-refractivity contribution in [2.75, 3.05) is 29.9 Å². The number of alkyl halides is 2. The number of hydrogen-bond donors (Lipinski definition) is 4. The average Bonchev–Trinajstić information content (AvgIpc) is 2.75. The highest BCUT2D eigenvalue weighted by Crippen LogP contribution is 2.25. The third-order valence-electron chi connectivity index (χ3n) is 4.66. The monoisotopic (exact) mass is 469 g/mol. The first-order valence-electron chi connectivity index (χ1n) is 10.0. The molecule has 1 amide bonds. The van der Waals surface area contributed by atoms with Crippen LogP contribution in [0.2, 0.25) is 5.02 Å². The van der Waals surface area contributed by atoms with Gasteiger partial charge in [-0.3, -0.25) is 4.79 Å². The van der Waals surface area contributed by atoms with Gasteiger partial charge in [-0.1, -0.05) is 11.6 Å². The number of carboxylic acid groups (broad SMARTS) is 1. The fourth-order valence-electron chi connectivity index (χ4n) is 3.08. The third kappa shape index (κ3) is 8.32. The van der Waals surface area contributed by atoms with Crippen molar-refractivity contribution < 1.29 is 28.6 Å². The number of piperazine rings is 1. The summed E-state index contributed by atoms with van der Waals surface area (Å²) in [5, 5.41) is 24.4. The van der Waals surface area contributed by atoms with Gasteiger partial charge in [0.25, 0.3) is 0 Å². The number of carbonyl (C=O) groups is 2. The molecule has 3 rings (SSSR count). The number of carboxylic acids is 1. The number of phenols is 1. The van der Waals surface area contributed by atoms with Crippen LogP contribution in [0.5, 0.6) is 5.75 Å². The topological polar surface area (TPSA) is 102 Å². The number of nitrogens with zero attached hydrogens (tertiary/aromatic N) is 1. The molecule has 0 spiro atoms. The molecule has 174 valence electrons. The molecule has 0 bridgehead atoms. The zero-order chi connectivity index (χ0) is 23.7. The summed E-state index contributed by atoms with van der Waals surface area (Å²) in [7, 11) is 0. The van der Waals surface area contributed by atoms with Gasteiger partial charge in [-0.15, -0.1) is 0 Å². The molecular formula is C22H26ClF2N3O4. The molecule has 0 radical (unpaired) electrons. The molecule has 0 unspecified atom stereocenters. The van der Waals surface area contributed by atoms with Crippen LogP contribution in [0.1, 0.15) is 30.1 Å². The van der Waals surface area contributed by atoms with Crippen LogP contribution < -0.4 is 15.5 Å². The van der Waals surface area contributed by atoms with Gasteiger partial charge in [-0.2, -0.15) is 0 Å². The van der Waals surface area contributed by atoms with Gasteiger partial charge in [-0.05, 0) is 49.4 Å². The molecule has 1 atom stereocenters. The first-order chi connectivity index (χ1) is 15.2. The molecule has 4 N–H and O–H groups in total. The highest BCUT2D eigenvalue weighted by atomic mass is 35.5. The summed E-state index contributed by atoms with van der Waals surface area (Å²) >= 11 is 5.50. The van der Waals surface area contributed by atoms with Crippen LogP contribution in [0.3, 0.4) is 0 Å². The molecule has 1 aliphatic heterocycles. The van der Waals surface area contributed by atoms with E-state index in [-0.39, 0.29) is 23.4 Å². The smallest absolute Gasteiger partial charge is 0.337 e. The normalized spacial score (nSPS) is 15.7. The lowest BCUT2D eigenvalue weighted by Gasteiger charge is -2.34. The molecular weight excluding hydrogens is 444 g/mol. The average molecular weight is 470 g/mol. The van der Waals surface area contributed by atoms with Crippen LogP contribution in [-0.2, 0) is 4.79 Å². The van der Waals surface area contributed by atoms with Gasteiger partial charge >= 0.3 is 5.97 Å². The number of anilines is 2. The summed E-state index contributed by atoms with van der Waals surface area (Å²) < 4.78 is 24.3. The lowest BCUT2D eigenvalue weighted by Crippen LogP contribution is -2.49. The first-order valence-corrected chi connectivity index (χ1v) is 10.4. The van der Waals surface area contributed by atoms with Crippen molar-refractivity contribution in [1.82, 2.24) is 5.32 Å². The standard InChI is InChI=1S/C16H21F2N3O3.C6H5ClO/c1-10-9-21(7-6-19-10)11-2-3-13(12(8-11)16(23)24)20-15(22)5-4-14(17)18;7-5-1-3-6(8)4-2-5/h2-3,8,10,14,19H,4-7,9H2,1H3,(H,20,22)(H,23,24);1-4,8H/t10-;/m0./s1. The molecule has 2 aromatic carbocycles. The molecule has 1 heterocycles. The number of aromatic hydroxyl groups is 1. The molecule has 0 aromatic heterocycles. The summed E-state index contributed by atoms with van der Waals surface area (Å²) in [6.45, 7) is 4.35. The number of rotatable bonds is 6. The second-order valence-electron chi connectivity index (χ2n) is 7.29. The summed E-state index contributed by atoms with van der Waals surface area (Å²) in [5.74, 6) is -1.56. The molecule has 2 aromatic rings. The Hall–Kier alpha value is -2.91. The van der Waals surface area contributed by atoms with Gasteiger partial charge in [0.05, 0.1) is 11.3 Å². The zero-order valence-corrected chi connectivity index (χ0v) is 18.3. The molecule has 0 aliphatic carbocycles. The molecule has 1 aliphatic rings. The summed E-state index contributed by atoms with van der Waals surface area (Å²) in [6.07, 6.45) is -3.47. The maximum Gasteiger partial charge on any atom is 0.337 e. The summed E-state index contributed by atoms with van der Waals surface area (Å²) in [4.78, 5) is 25.2. The van der Waals surface area contributed by atoms with Crippen LogP contribution in [0, 0.1) is 0 Å². The van der Waals surface area contributed by atoms with E-state index in [1.807, 2.05) is 6.92 Å². The largest absolute Gasteiger partial charge is 0.508 e. The Morgan fingerprint density at radius 1 is 1.25 bits per heavy atom. The minimum Gasteiger partial charge on any atom is -0.508 e. The fraction of sp³-hybridized carbons (Fsp3) is 0.364. The van der Waals surface area contributed by atoms with Crippen molar-refractivity contribution in [1.29, 1.82) is 0 Å². The minimum absolute atomic E-state index is 0.0518. The maximum atomic E-state index is 12.1. The lowest BCUT2D eigenvalue weighted by atomic mass is 10.1. The van der Waals surface area contributed by atoms with E-state index < -0.39 is 24.7 Å². The molecule has 0 saturated carbocycles. The first kappa shape index (κ1) is 25.4. The van der Waals surface area contributed by atoms with Crippen molar-refractivity contribution in [2.45, 2.75) is 32.2 Å². The number of aromatic carboxylic acids is 1. The number of halogens is 3. The summed E-state index contributed by atoms with van der Waals surface area (Å²) in [5.41, 5.74) is 0.823. The third-order valence-corrected chi connectivity index (χ3v) is 4.91. The Balaban J connectivity index is 0.000000380. The van der Waals surface area contributed by atoms with Gasteiger partial charge in [-0.25, -0.2) is 13.6 Å². The predicted octanol–water partition coefficient (Wildman–Crippen LogP) is 4.21. The Morgan fingerprint density at radius 2 is 1.94 bits per heavy atom. The van der Waals surface area contributed by atoms with E-state index in [0.29, 0.717) is 11.1 Å². The highest BCUT2D eigenvalue weighted by molar-refractivity contribution is 6.30. The second-order valence-corrected chi connectivity index (χ2v) is 7.73. The maximum absolute atomic E-state index is 12.1.